The summed E-state index contributed by atoms with van der Waals surface area (Å²) >= 11 is 0. The first kappa shape index (κ1) is 17.5. The lowest BCUT2D eigenvalue weighted by molar-refractivity contribution is 0.0940. The average molecular weight is 352 g/mol. The molecule has 2 heterocycles. The fourth-order valence-corrected chi connectivity index (χ4v) is 2.79. The Balaban J connectivity index is 2.06. The van der Waals surface area contributed by atoms with Crippen molar-refractivity contribution in [2.45, 2.75) is 6.04 Å². The number of hydrogen-bond acceptors (Lipinski definition) is 5. The predicted molar refractivity (Wildman–Crippen MR) is 96.3 cm³/mol. The van der Waals surface area contributed by atoms with E-state index in [0.717, 1.165) is 5.56 Å². The second-order valence-corrected chi connectivity index (χ2v) is 5.62. The third-order valence-corrected chi connectivity index (χ3v) is 4.08. The predicted octanol–water partition coefficient (Wildman–Crippen LogP) is 2.35. The van der Waals surface area contributed by atoms with Crippen molar-refractivity contribution < 1.29 is 14.3 Å². The molecule has 2 aromatic heterocycles. The number of carbonyl (C=O) groups excluding carboxylic acids is 1. The molecule has 7 heteroatoms. The second kappa shape index (κ2) is 7.69. The molecule has 1 atom stereocenters. The van der Waals surface area contributed by atoms with Gasteiger partial charge in [0.1, 0.15) is 11.9 Å². The van der Waals surface area contributed by atoms with E-state index in [4.69, 9.17) is 9.47 Å². The molecular weight excluding hydrogens is 332 g/mol. The first-order valence-electron chi connectivity index (χ1n) is 8.04. The number of carbonyl (C=O) groups is 1. The number of nitrogens with zero attached hydrogens (tertiary/aromatic N) is 3. The Kier molecular flexibility index (Phi) is 5.17. The maximum Gasteiger partial charge on any atom is 0.252 e. The Morgan fingerprint density at radius 2 is 1.88 bits per heavy atom. The molecule has 0 saturated carbocycles. The van der Waals surface area contributed by atoms with Gasteiger partial charge in [0.25, 0.3) is 5.91 Å². The largest absolute Gasteiger partial charge is 0.493 e. The number of nitrogens with one attached hydrogen (secondary N) is 1. The summed E-state index contributed by atoms with van der Waals surface area (Å²) in [6, 6.07) is 8.35. The molecular formula is C19H20N4O3. The molecule has 0 fully saturated rings. The molecule has 1 aromatic carbocycles. The molecule has 26 heavy (non-hydrogen) atoms. The lowest BCUT2D eigenvalue weighted by atomic mass is 10.0. The van der Waals surface area contributed by atoms with Crippen LogP contribution in [0.5, 0.6) is 11.5 Å². The van der Waals surface area contributed by atoms with E-state index >= 15 is 0 Å². The van der Waals surface area contributed by atoms with Crippen LogP contribution in [0.1, 0.15) is 27.8 Å². The molecule has 7 nitrogen and oxygen atoms in total. The van der Waals surface area contributed by atoms with Gasteiger partial charge in [-0.25, -0.2) is 4.98 Å². The molecule has 1 amide bonds. The van der Waals surface area contributed by atoms with Gasteiger partial charge in [0.2, 0.25) is 0 Å². The zero-order valence-electron chi connectivity index (χ0n) is 14.8. The topological polar surface area (TPSA) is 78.3 Å². The fourth-order valence-electron chi connectivity index (χ4n) is 2.79. The minimum Gasteiger partial charge on any atom is -0.493 e. The molecule has 3 aromatic rings. The molecule has 0 aliphatic heterocycles. The number of aromatic nitrogens is 3. The van der Waals surface area contributed by atoms with E-state index in [1.165, 1.54) is 0 Å². The summed E-state index contributed by atoms with van der Waals surface area (Å²) in [5.74, 6) is 1.59. The first-order valence-corrected chi connectivity index (χ1v) is 8.04. The van der Waals surface area contributed by atoms with Crippen molar-refractivity contribution in [1.82, 2.24) is 19.9 Å². The van der Waals surface area contributed by atoms with Crippen molar-refractivity contribution in [3.63, 3.8) is 0 Å². The number of aryl methyl sites for hydroxylation is 1. The van der Waals surface area contributed by atoms with Crippen molar-refractivity contribution in [2.75, 3.05) is 14.2 Å². The van der Waals surface area contributed by atoms with Crippen LogP contribution >= 0.6 is 0 Å². The van der Waals surface area contributed by atoms with Gasteiger partial charge in [-0.3, -0.25) is 9.78 Å². The molecule has 0 unspecified atom stereocenters. The van der Waals surface area contributed by atoms with Crippen LogP contribution in [-0.2, 0) is 7.05 Å². The van der Waals surface area contributed by atoms with Crippen molar-refractivity contribution in [1.29, 1.82) is 0 Å². The highest BCUT2D eigenvalue weighted by atomic mass is 16.5. The summed E-state index contributed by atoms with van der Waals surface area (Å²) in [7, 11) is 5.02. The molecule has 0 aliphatic carbocycles. The lowest BCUT2D eigenvalue weighted by Crippen LogP contribution is -2.31. The number of rotatable bonds is 6. The SMILES string of the molecule is COc1cccc([C@H](NC(=O)c2ccncc2)c2nccn2C)c1OC. The zero-order valence-corrected chi connectivity index (χ0v) is 14.8. The van der Waals surface area contributed by atoms with E-state index in [9.17, 15) is 4.79 Å². The summed E-state index contributed by atoms with van der Waals surface area (Å²) < 4.78 is 12.8. The summed E-state index contributed by atoms with van der Waals surface area (Å²) in [4.78, 5) is 21.1. The van der Waals surface area contributed by atoms with Gasteiger partial charge in [-0.2, -0.15) is 0 Å². The van der Waals surface area contributed by atoms with Crippen molar-refractivity contribution in [3.05, 3.63) is 72.1 Å². The minimum absolute atomic E-state index is 0.231. The standard InChI is InChI=1S/C19H20N4O3/c1-23-12-11-21-18(23)16(22-19(24)13-7-9-20-10-8-13)14-5-4-6-15(25-2)17(14)26-3/h4-12,16H,1-3H3,(H,22,24)/t16-/m0/s1. The highest BCUT2D eigenvalue weighted by Gasteiger charge is 2.26. The number of ether oxygens (including phenoxy) is 2. The smallest absolute Gasteiger partial charge is 0.252 e. The van der Waals surface area contributed by atoms with Crippen LogP contribution in [0.4, 0.5) is 0 Å². The average Bonchev–Trinajstić information content (AvgIpc) is 3.11. The zero-order chi connectivity index (χ0) is 18.5. The fraction of sp³-hybridized carbons (Fsp3) is 0.211. The van der Waals surface area contributed by atoms with Crippen LogP contribution < -0.4 is 14.8 Å². The number of pyridine rings is 1. The summed E-state index contributed by atoms with van der Waals surface area (Å²) in [6.07, 6.45) is 6.68. The Morgan fingerprint density at radius 3 is 2.50 bits per heavy atom. The molecule has 3 rings (SSSR count). The Bertz CT molecular complexity index is 893. The van der Waals surface area contributed by atoms with Gasteiger partial charge in [0, 0.05) is 43.0 Å². The van der Waals surface area contributed by atoms with Crippen LogP contribution in [-0.4, -0.2) is 34.7 Å². The van der Waals surface area contributed by atoms with E-state index in [-0.39, 0.29) is 5.91 Å². The summed E-state index contributed by atoms with van der Waals surface area (Å²) in [5, 5.41) is 3.03. The van der Waals surface area contributed by atoms with Crippen LogP contribution in [0.3, 0.4) is 0 Å². The molecule has 134 valence electrons. The van der Waals surface area contributed by atoms with E-state index in [1.54, 1.807) is 44.9 Å². The highest BCUT2D eigenvalue weighted by molar-refractivity contribution is 5.94. The van der Waals surface area contributed by atoms with Crippen LogP contribution in [0.25, 0.3) is 0 Å². The molecule has 1 N–H and O–H groups in total. The number of imidazole rings is 1. The van der Waals surface area contributed by atoms with E-state index in [0.29, 0.717) is 22.9 Å². The van der Waals surface area contributed by atoms with Gasteiger partial charge < -0.3 is 19.4 Å². The van der Waals surface area contributed by atoms with Crippen molar-refractivity contribution in [3.8, 4) is 11.5 Å². The molecule has 0 spiro atoms. The van der Waals surface area contributed by atoms with Gasteiger partial charge in [0.15, 0.2) is 11.5 Å². The van der Waals surface area contributed by atoms with Gasteiger partial charge in [0.05, 0.1) is 14.2 Å². The number of amides is 1. The number of hydrogen-bond donors (Lipinski definition) is 1. The van der Waals surface area contributed by atoms with E-state index in [1.807, 2.05) is 36.0 Å². The quantitative estimate of drug-likeness (QED) is 0.737. The summed E-state index contributed by atoms with van der Waals surface area (Å²) in [5.41, 5.74) is 1.27. The van der Waals surface area contributed by atoms with Crippen LogP contribution in [0.15, 0.2) is 55.1 Å². The van der Waals surface area contributed by atoms with Crippen LogP contribution in [0, 0.1) is 0 Å². The number of para-hydroxylation sites is 1. The normalized spacial score (nSPS) is 11.7. The van der Waals surface area contributed by atoms with Crippen molar-refractivity contribution >= 4 is 5.91 Å². The number of benzene rings is 1. The Morgan fingerprint density at radius 1 is 1.12 bits per heavy atom. The lowest BCUT2D eigenvalue weighted by Gasteiger charge is -2.22. The highest BCUT2D eigenvalue weighted by Crippen LogP contribution is 2.36. The monoisotopic (exact) mass is 352 g/mol. The third-order valence-electron chi connectivity index (χ3n) is 4.08. The van der Waals surface area contributed by atoms with Gasteiger partial charge >= 0.3 is 0 Å². The second-order valence-electron chi connectivity index (χ2n) is 5.62. The van der Waals surface area contributed by atoms with Gasteiger partial charge in [-0.15, -0.1) is 0 Å². The Hall–Kier alpha value is -3.35. The maximum atomic E-state index is 12.7. The van der Waals surface area contributed by atoms with Gasteiger partial charge in [-0.05, 0) is 18.2 Å². The molecule has 0 aliphatic rings. The first-order chi connectivity index (χ1) is 12.7. The summed E-state index contributed by atoms with van der Waals surface area (Å²) in [6.45, 7) is 0. The minimum atomic E-state index is -0.513. The molecule has 0 saturated heterocycles. The van der Waals surface area contributed by atoms with Crippen molar-refractivity contribution in [2.24, 2.45) is 7.05 Å². The van der Waals surface area contributed by atoms with Gasteiger partial charge in [-0.1, -0.05) is 12.1 Å². The number of methoxy groups -OCH3 is 2. The third kappa shape index (κ3) is 3.37. The van der Waals surface area contributed by atoms with E-state index in [2.05, 4.69) is 15.3 Å². The maximum absolute atomic E-state index is 12.7. The Labute approximate surface area is 151 Å². The molecule has 0 radical (unpaired) electrons. The van der Waals surface area contributed by atoms with Crippen LogP contribution in [0.2, 0.25) is 0 Å². The van der Waals surface area contributed by atoms with E-state index < -0.39 is 6.04 Å². The molecule has 0 bridgehead atoms.